The third-order valence-electron chi connectivity index (χ3n) is 3.31. The number of aromatic carboxylic acids is 1. The van der Waals surface area contributed by atoms with Gasteiger partial charge in [0.1, 0.15) is 11.9 Å². The number of nitrogens with zero attached hydrogens (tertiary/aromatic N) is 1. The minimum absolute atomic E-state index is 0.0112. The van der Waals surface area contributed by atoms with E-state index in [1.165, 1.54) is 12.3 Å². The molecule has 2 rings (SSSR count). The first-order valence-corrected chi connectivity index (χ1v) is 6.79. The molecule has 1 amide bonds. The van der Waals surface area contributed by atoms with E-state index >= 15 is 0 Å². The van der Waals surface area contributed by atoms with Gasteiger partial charge in [-0.05, 0) is 23.9 Å². The molecule has 2 aromatic rings. The van der Waals surface area contributed by atoms with Crippen LogP contribution in [0.25, 0.3) is 10.8 Å². The van der Waals surface area contributed by atoms with Crippen molar-refractivity contribution in [3.05, 3.63) is 36.0 Å². The van der Waals surface area contributed by atoms with E-state index in [2.05, 4.69) is 10.3 Å². The average Bonchev–Trinajstić information content (AvgIpc) is 2.50. The van der Waals surface area contributed by atoms with E-state index in [9.17, 15) is 24.6 Å². The molecular weight excluding hydrogens is 302 g/mol. The first-order chi connectivity index (χ1) is 10.9. The van der Waals surface area contributed by atoms with E-state index in [0.29, 0.717) is 10.8 Å². The van der Waals surface area contributed by atoms with E-state index in [0.717, 1.165) is 0 Å². The number of nitrogens with two attached hydrogens (primary N) is 1. The maximum Gasteiger partial charge on any atom is 0.336 e. The molecule has 8 nitrogen and oxygen atoms in total. The summed E-state index contributed by atoms with van der Waals surface area (Å²) >= 11 is 0. The Morgan fingerprint density at radius 3 is 2.57 bits per heavy atom. The fourth-order valence-electron chi connectivity index (χ4n) is 2.23. The Morgan fingerprint density at radius 1 is 1.22 bits per heavy atom. The molecule has 0 bridgehead atoms. The number of hydrogen-bond acceptors (Lipinski definition) is 5. The molecular formula is C15H15N3O5. The molecule has 0 aliphatic carbocycles. The lowest BCUT2D eigenvalue weighted by Crippen LogP contribution is -2.31. The van der Waals surface area contributed by atoms with Crippen LogP contribution >= 0.6 is 0 Å². The zero-order chi connectivity index (χ0) is 17.0. The van der Waals surface area contributed by atoms with Gasteiger partial charge in [0.2, 0.25) is 5.91 Å². The van der Waals surface area contributed by atoms with Gasteiger partial charge in [0.15, 0.2) is 0 Å². The van der Waals surface area contributed by atoms with Gasteiger partial charge < -0.3 is 21.3 Å². The fraction of sp³-hybridized carbons (Fsp3) is 0.200. The third-order valence-corrected chi connectivity index (χ3v) is 3.31. The van der Waals surface area contributed by atoms with Crippen molar-refractivity contribution >= 4 is 34.4 Å². The second-order valence-electron chi connectivity index (χ2n) is 4.91. The van der Waals surface area contributed by atoms with E-state index < -0.39 is 23.9 Å². The summed E-state index contributed by atoms with van der Waals surface area (Å²) in [5.41, 5.74) is 5.05. The lowest BCUT2D eigenvalue weighted by molar-refractivity contribution is -0.138. The number of nitrogens with one attached hydrogen (secondary N) is 1. The van der Waals surface area contributed by atoms with Crippen molar-refractivity contribution in [2.24, 2.45) is 5.73 Å². The molecule has 0 spiro atoms. The Hall–Kier alpha value is -3.16. The second-order valence-corrected chi connectivity index (χ2v) is 4.91. The van der Waals surface area contributed by atoms with Crippen LogP contribution in [-0.2, 0) is 9.59 Å². The van der Waals surface area contributed by atoms with E-state index in [1.807, 2.05) is 0 Å². The van der Waals surface area contributed by atoms with Gasteiger partial charge in [0.05, 0.1) is 5.56 Å². The quantitative estimate of drug-likeness (QED) is 0.598. The predicted octanol–water partition coefficient (Wildman–Crippen LogP) is 1.06. The SMILES string of the molecule is NC(=O)CCC(Nc1nccc2cccc(C(=O)O)c12)C(=O)O. The first kappa shape index (κ1) is 16.2. The highest BCUT2D eigenvalue weighted by atomic mass is 16.4. The zero-order valence-electron chi connectivity index (χ0n) is 12.0. The highest BCUT2D eigenvalue weighted by molar-refractivity contribution is 6.08. The van der Waals surface area contributed by atoms with Gasteiger partial charge in [-0.2, -0.15) is 0 Å². The second kappa shape index (κ2) is 6.73. The minimum Gasteiger partial charge on any atom is -0.480 e. The number of fused-ring (bicyclic) bond motifs is 1. The Balaban J connectivity index is 2.43. The average molecular weight is 317 g/mol. The fourth-order valence-corrected chi connectivity index (χ4v) is 2.23. The lowest BCUT2D eigenvalue weighted by Gasteiger charge is -2.16. The molecule has 1 heterocycles. The van der Waals surface area contributed by atoms with Crippen LogP contribution in [0.15, 0.2) is 30.5 Å². The number of amides is 1. The van der Waals surface area contributed by atoms with Gasteiger partial charge in [-0.25, -0.2) is 14.6 Å². The van der Waals surface area contributed by atoms with Crippen molar-refractivity contribution in [1.82, 2.24) is 4.98 Å². The number of benzene rings is 1. The Bertz CT molecular complexity index is 770. The summed E-state index contributed by atoms with van der Waals surface area (Å²) < 4.78 is 0. The molecule has 1 atom stereocenters. The van der Waals surface area contributed by atoms with Crippen molar-refractivity contribution in [3.8, 4) is 0 Å². The summed E-state index contributed by atoms with van der Waals surface area (Å²) in [5.74, 6) is -2.80. The summed E-state index contributed by atoms with van der Waals surface area (Å²) in [6.07, 6.45) is 1.31. The summed E-state index contributed by atoms with van der Waals surface area (Å²) in [7, 11) is 0. The number of aliphatic carboxylic acids is 1. The molecule has 120 valence electrons. The van der Waals surface area contributed by atoms with Gasteiger partial charge in [0.25, 0.3) is 0 Å². The van der Waals surface area contributed by atoms with Crippen LogP contribution in [0.5, 0.6) is 0 Å². The van der Waals surface area contributed by atoms with Crippen LogP contribution in [0.3, 0.4) is 0 Å². The number of primary amides is 1. The largest absolute Gasteiger partial charge is 0.480 e. The highest BCUT2D eigenvalue weighted by Crippen LogP contribution is 2.26. The number of pyridine rings is 1. The maximum absolute atomic E-state index is 11.4. The monoisotopic (exact) mass is 317 g/mol. The predicted molar refractivity (Wildman–Crippen MR) is 82.2 cm³/mol. The lowest BCUT2D eigenvalue weighted by atomic mass is 10.0. The summed E-state index contributed by atoms with van der Waals surface area (Å²) in [6, 6.07) is 5.23. The van der Waals surface area contributed by atoms with E-state index in [4.69, 9.17) is 5.73 Å². The van der Waals surface area contributed by atoms with Crippen LogP contribution in [0.2, 0.25) is 0 Å². The molecule has 1 aromatic carbocycles. The normalized spacial score (nSPS) is 11.8. The van der Waals surface area contributed by atoms with Crippen molar-refractivity contribution in [1.29, 1.82) is 0 Å². The summed E-state index contributed by atoms with van der Waals surface area (Å²) in [4.78, 5) is 37.6. The standard InChI is InChI=1S/C15H15N3O5/c16-11(19)5-4-10(15(22)23)18-13-12-8(6-7-17-13)2-1-3-9(12)14(20)21/h1-3,6-7,10H,4-5H2,(H2,16,19)(H,17,18)(H,20,21)(H,22,23). The molecule has 23 heavy (non-hydrogen) atoms. The molecule has 0 aliphatic rings. The molecule has 5 N–H and O–H groups in total. The number of carboxylic acids is 2. The van der Waals surface area contributed by atoms with Crippen molar-refractivity contribution in [2.45, 2.75) is 18.9 Å². The molecule has 8 heteroatoms. The van der Waals surface area contributed by atoms with Gasteiger partial charge in [-0.15, -0.1) is 0 Å². The van der Waals surface area contributed by atoms with Gasteiger partial charge in [0, 0.05) is 18.0 Å². The van der Waals surface area contributed by atoms with Gasteiger partial charge in [-0.3, -0.25) is 4.79 Å². The number of rotatable bonds is 7. The number of carbonyl (C=O) groups excluding carboxylic acids is 1. The maximum atomic E-state index is 11.4. The molecule has 1 unspecified atom stereocenters. The van der Waals surface area contributed by atoms with E-state index in [1.54, 1.807) is 18.2 Å². The first-order valence-electron chi connectivity index (χ1n) is 6.79. The molecule has 0 saturated heterocycles. The molecule has 0 saturated carbocycles. The van der Waals surface area contributed by atoms with Crippen molar-refractivity contribution in [3.63, 3.8) is 0 Å². The van der Waals surface area contributed by atoms with Crippen LogP contribution in [0, 0.1) is 0 Å². The number of anilines is 1. The van der Waals surface area contributed by atoms with Crippen molar-refractivity contribution in [2.75, 3.05) is 5.32 Å². The van der Waals surface area contributed by atoms with Crippen LogP contribution in [0.4, 0.5) is 5.82 Å². The number of carboxylic acid groups (broad SMARTS) is 2. The third kappa shape index (κ3) is 3.73. The Kier molecular flexibility index (Phi) is 4.75. The number of hydrogen-bond donors (Lipinski definition) is 4. The van der Waals surface area contributed by atoms with Gasteiger partial charge >= 0.3 is 11.9 Å². The van der Waals surface area contributed by atoms with Crippen LogP contribution < -0.4 is 11.1 Å². The number of aromatic nitrogens is 1. The van der Waals surface area contributed by atoms with E-state index in [-0.39, 0.29) is 24.2 Å². The highest BCUT2D eigenvalue weighted by Gasteiger charge is 2.21. The minimum atomic E-state index is -1.18. The van der Waals surface area contributed by atoms with Crippen LogP contribution in [-0.4, -0.2) is 39.1 Å². The topological polar surface area (TPSA) is 143 Å². The molecule has 1 aromatic heterocycles. The summed E-state index contributed by atoms with van der Waals surface area (Å²) in [5, 5.41) is 22.1. The Labute approximate surface area is 130 Å². The number of carbonyl (C=O) groups is 3. The molecule has 0 aliphatic heterocycles. The van der Waals surface area contributed by atoms with Gasteiger partial charge in [-0.1, -0.05) is 12.1 Å². The zero-order valence-corrected chi connectivity index (χ0v) is 12.0. The van der Waals surface area contributed by atoms with Crippen LogP contribution in [0.1, 0.15) is 23.2 Å². The smallest absolute Gasteiger partial charge is 0.336 e. The van der Waals surface area contributed by atoms with Crippen molar-refractivity contribution < 1.29 is 24.6 Å². The molecule has 0 radical (unpaired) electrons. The Morgan fingerprint density at radius 2 is 1.96 bits per heavy atom. The summed E-state index contributed by atoms with van der Waals surface area (Å²) in [6.45, 7) is 0. The molecule has 0 fully saturated rings.